The van der Waals surface area contributed by atoms with Crippen molar-refractivity contribution in [1.82, 2.24) is 0 Å². The topological polar surface area (TPSA) is 9.23 Å². The summed E-state index contributed by atoms with van der Waals surface area (Å²) in [6, 6.07) is 0. The largest absolute Gasteiger partial charge is 0.373 e. The first-order valence-corrected chi connectivity index (χ1v) is 5.71. The van der Waals surface area contributed by atoms with E-state index in [2.05, 4.69) is 18.7 Å². The Labute approximate surface area is 72.9 Å². The van der Waals surface area contributed by atoms with Gasteiger partial charge in [0.25, 0.3) is 0 Å². The lowest BCUT2D eigenvalue weighted by molar-refractivity contribution is -0.0473. The zero-order valence-electron chi connectivity index (χ0n) is 7.14. The molecule has 2 aliphatic rings. The Morgan fingerprint density at radius 1 is 1.55 bits per heavy atom. The van der Waals surface area contributed by atoms with Crippen molar-refractivity contribution in [3.05, 3.63) is 0 Å². The van der Waals surface area contributed by atoms with Gasteiger partial charge in [0.05, 0.1) is 12.2 Å². The van der Waals surface area contributed by atoms with Crippen molar-refractivity contribution in [1.29, 1.82) is 0 Å². The normalized spacial score (nSPS) is 45.0. The van der Waals surface area contributed by atoms with Crippen molar-refractivity contribution >= 4 is 11.8 Å². The van der Waals surface area contributed by atoms with Gasteiger partial charge in [-0.25, -0.2) is 0 Å². The van der Waals surface area contributed by atoms with Gasteiger partial charge in [-0.2, -0.15) is 11.8 Å². The fourth-order valence-electron chi connectivity index (χ4n) is 2.24. The molecular formula is C9H16OS. The van der Waals surface area contributed by atoms with Crippen LogP contribution in [-0.2, 0) is 4.74 Å². The summed E-state index contributed by atoms with van der Waals surface area (Å²) in [5.41, 5.74) is 0.295. The first-order chi connectivity index (χ1) is 5.33. The summed E-state index contributed by atoms with van der Waals surface area (Å²) in [4.78, 5) is 0. The summed E-state index contributed by atoms with van der Waals surface area (Å²) in [5.74, 6) is 3.25. The smallest absolute Gasteiger partial charge is 0.0798 e. The van der Waals surface area contributed by atoms with Crippen LogP contribution in [0, 0.1) is 5.92 Å². The van der Waals surface area contributed by atoms with Crippen LogP contribution in [0.15, 0.2) is 0 Å². The molecule has 2 atom stereocenters. The van der Waals surface area contributed by atoms with Crippen molar-refractivity contribution in [3.63, 3.8) is 0 Å². The third-order valence-corrected chi connectivity index (χ3v) is 4.25. The Hall–Kier alpha value is 0.310. The molecule has 2 fully saturated rings. The molecule has 1 saturated carbocycles. The summed E-state index contributed by atoms with van der Waals surface area (Å²) in [6.45, 7) is 3.33. The van der Waals surface area contributed by atoms with Gasteiger partial charge in [0.15, 0.2) is 0 Å². The molecule has 64 valence electrons. The Morgan fingerprint density at radius 3 is 3.00 bits per heavy atom. The van der Waals surface area contributed by atoms with E-state index in [-0.39, 0.29) is 0 Å². The molecule has 1 heterocycles. The van der Waals surface area contributed by atoms with Crippen LogP contribution in [0.1, 0.15) is 26.2 Å². The van der Waals surface area contributed by atoms with Gasteiger partial charge >= 0.3 is 0 Å². The van der Waals surface area contributed by atoms with Gasteiger partial charge in [-0.3, -0.25) is 0 Å². The number of hydrogen-bond acceptors (Lipinski definition) is 2. The predicted molar refractivity (Wildman–Crippen MR) is 49.0 cm³/mol. The lowest BCUT2D eigenvalue weighted by atomic mass is 9.94. The maximum Gasteiger partial charge on any atom is 0.0798 e. The van der Waals surface area contributed by atoms with E-state index in [9.17, 15) is 0 Å². The Kier molecular flexibility index (Phi) is 2.15. The van der Waals surface area contributed by atoms with Crippen LogP contribution in [0.5, 0.6) is 0 Å². The molecule has 11 heavy (non-hydrogen) atoms. The van der Waals surface area contributed by atoms with Gasteiger partial charge in [0, 0.05) is 11.5 Å². The van der Waals surface area contributed by atoms with Crippen LogP contribution in [-0.4, -0.2) is 23.7 Å². The molecule has 1 nitrogen and oxygen atoms in total. The van der Waals surface area contributed by atoms with Crippen molar-refractivity contribution in [3.8, 4) is 0 Å². The van der Waals surface area contributed by atoms with Gasteiger partial charge in [-0.15, -0.1) is 0 Å². The molecule has 2 unspecified atom stereocenters. The monoisotopic (exact) mass is 172 g/mol. The molecule has 0 aromatic carbocycles. The summed E-state index contributed by atoms with van der Waals surface area (Å²) >= 11 is 2.07. The molecule has 0 aromatic heterocycles. The summed E-state index contributed by atoms with van der Waals surface area (Å²) < 4.78 is 5.92. The molecule has 2 heteroatoms. The van der Waals surface area contributed by atoms with Gasteiger partial charge in [-0.05, 0) is 18.8 Å². The minimum Gasteiger partial charge on any atom is -0.373 e. The minimum absolute atomic E-state index is 0.295. The second kappa shape index (κ2) is 2.98. The first kappa shape index (κ1) is 7.93. The fourth-order valence-corrected chi connectivity index (χ4v) is 3.44. The lowest BCUT2D eigenvalue weighted by Gasteiger charge is -2.37. The molecule has 1 saturated heterocycles. The van der Waals surface area contributed by atoms with Crippen molar-refractivity contribution in [2.24, 2.45) is 5.92 Å². The first-order valence-electron chi connectivity index (χ1n) is 4.55. The third kappa shape index (κ3) is 1.31. The average molecular weight is 172 g/mol. The zero-order valence-corrected chi connectivity index (χ0v) is 7.95. The Balaban J connectivity index is 2.06. The van der Waals surface area contributed by atoms with Gasteiger partial charge in [0.1, 0.15) is 0 Å². The van der Waals surface area contributed by atoms with Crippen LogP contribution in [0.2, 0.25) is 0 Å². The highest BCUT2D eigenvalue weighted by molar-refractivity contribution is 7.99. The fraction of sp³-hybridized carbons (Fsp3) is 1.00. The molecular weight excluding hydrogens is 156 g/mol. The summed E-state index contributed by atoms with van der Waals surface area (Å²) in [5, 5.41) is 0. The molecule has 0 bridgehead atoms. The minimum atomic E-state index is 0.295. The van der Waals surface area contributed by atoms with E-state index in [1.165, 1.54) is 30.8 Å². The van der Waals surface area contributed by atoms with E-state index in [0.29, 0.717) is 5.60 Å². The molecule has 2 rings (SSSR count). The second-order valence-electron chi connectivity index (χ2n) is 3.76. The van der Waals surface area contributed by atoms with Crippen LogP contribution in [0.4, 0.5) is 0 Å². The molecule has 1 aliphatic heterocycles. The van der Waals surface area contributed by atoms with Crippen LogP contribution in [0.25, 0.3) is 0 Å². The highest BCUT2D eigenvalue weighted by Gasteiger charge is 2.42. The Morgan fingerprint density at radius 2 is 2.45 bits per heavy atom. The second-order valence-corrected chi connectivity index (χ2v) is 4.86. The maximum absolute atomic E-state index is 5.92. The SMILES string of the molecule is CC1CCCC12CSCCO2. The average Bonchev–Trinajstić information content (AvgIpc) is 2.36. The lowest BCUT2D eigenvalue weighted by Crippen LogP contribution is -2.41. The van der Waals surface area contributed by atoms with E-state index in [1.807, 2.05) is 0 Å². The summed E-state index contributed by atoms with van der Waals surface area (Å²) in [6.07, 6.45) is 4.06. The number of hydrogen-bond donors (Lipinski definition) is 0. The van der Waals surface area contributed by atoms with Crippen molar-refractivity contribution < 1.29 is 4.74 Å². The van der Waals surface area contributed by atoms with Crippen LogP contribution in [0.3, 0.4) is 0 Å². The van der Waals surface area contributed by atoms with E-state index in [4.69, 9.17) is 4.74 Å². The maximum atomic E-state index is 5.92. The Bertz CT molecular complexity index is 140. The van der Waals surface area contributed by atoms with Crippen LogP contribution >= 0.6 is 11.8 Å². The molecule has 0 N–H and O–H groups in total. The molecule has 0 amide bonds. The van der Waals surface area contributed by atoms with E-state index >= 15 is 0 Å². The quantitative estimate of drug-likeness (QED) is 0.554. The molecule has 1 aliphatic carbocycles. The van der Waals surface area contributed by atoms with Gasteiger partial charge in [0.2, 0.25) is 0 Å². The van der Waals surface area contributed by atoms with Gasteiger partial charge < -0.3 is 4.74 Å². The highest BCUT2D eigenvalue weighted by Crippen LogP contribution is 2.42. The number of ether oxygens (including phenoxy) is 1. The third-order valence-electron chi connectivity index (χ3n) is 3.10. The van der Waals surface area contributed by atoms with E-state index < -0.39 is 0 Å². The standard InChI is InChI=1S/C9H16OS/c1-8-3-2-4-9(8)7-11-6-5-10-9/h8H,2-7H2,1H3. The summed E-state index contributed by atoms with van der Waals surface area (Å²) in [7, 11) is 0. The molecule has 0 aromatic rings. The highest BCUT2D eigenvalue weighted by atomic mass is 32.2. The van der Waals surface area contributed by atoms with Gasteiger partial charge in [-0.1, -0.05) is 13.3 Å². The van der Waals surface area contributed by atoms with E-state index in [0.717, 1.165) is 12.5 Å². The van der Waals surface area contributed by atoms with Crippen LogP contribution < -0.4 is 0 Å². The zero-order chi connectivity index (χ0) is 7.73. The van der Waals surface area contributed by atoms with E-state index in [1.54, 1.807) is 0 Å². The molecule has 0 radical (unpaired) electrons. The number of rotatable bonds is 0. The number of thioether (sulfide) groups is 1. The predicted octanol–water partition coefficient (Wildman–Crippen LogP) is 2.31. The molecule has 1 spiro atoms. The van der Waals surface area contributed by atoms with Crippen molar-refractivity contribution in [2.45, 2.75) is 31.8 Å². The van der Waals surface area contributed by atoms with Crippen molar-refractivity contribution in [2.75, 3.05) is 18.1 Å².